The number of ketones is 1. The van der Waals surface area contributed by atoms with E-state index in [4.69, 9.17) is 23.7 Å². The molecule has 8 nitrogen and oxygen atoms in total. The first-order chi connectivity index (χ1) is 18.0. The first-order valence-electron chi connectivity index (χ1n) is 13.8. The fourth-order valence-electron chi connectivity index (χ4n) is 4.27. The average Bonchev–Trinajstić information content (AvgIpc) is 2.87. The fourth-order valence-corrected chi connectivity index (χ4v) is 4.27. The summed E-state index contributed by atoms with van der Waals surface area (Å²) in [4.78, 5) is 25.8. The minimum absolute atomic E-state index is 0.0625. The Morgan fingerprint density at radius 2 is 1.22 bits per heavy atom. The number of amides is 1. The van der Waals surface area contributed by atoms with Crippen molar-refractivity contribution >= 4 is 11.7 Å². The molecule has 0 N–H and O–H groups in total. The second kappa shape index (κ2) is 19.3. The lowest BCUT2D eigenvalue weighted by Gasteiger charge is -2.43. The van der Waals surface area contributed by atoms with Crippen LogP contribution >= 0.6 is 0 Å². The third-order valence-corrected chi connectivity index (χ3v) is 6.58. The van der Waals surface area contributed by atoms with Crippen molar-refractivity contribution < 1.29 is 33.3 Å². The SMILES string of the molecule is CCC(c1ccccc1)C1CN(C(=O)CCOCCOCCOCCOCCOCCC(=O)C(C)C)C1. The summed E-state index contributed by atoms with van der Waals surface area (Å²) in [5.41, 5.74) is 1.37. The van der Waals surface area contributed by atoms with Crippen LogP contribution in [-0.2, 0) is 33.3 Å². The van der Waals surface area contributed by atoms with Crippen molar-refractivity contribution in [1.82, 2.24) is 4.90 Å². The molecule has 1 aliphatic heterocycles. The van der Waals surface area contributed by atoms with Gasteiger partial charge in [0.1, 0.15) is 5.78 Å². The van der Waals surface area contributed by atoms with Crippen LogP contribution < -0.4 is 0 Å². The van der Waals surface area contributed by atoms with Gasteiger partial charge in [-0.2, -0.15) is 0 Å². The highest BCUT2D eigenvalue weighted by atomic mass is 16.6. The lowest BCUT2D eigenvalue weighted by molar-refractivity contribution is -0.139. The number of nitrogens with zero attached hydrogens (tertiary/aromatic N) is 1. The van der Waals surface area contributed by atoms with Gasteiger partial charge in [0.2, 0.25) is 5.91 Å². The number of benzene rings is 1. The minimum atomic E-state index is 0.0625. The van der Waals surface area contributed by atoms with Crippen LogP contribution in [0, 0.1) is 11.8 Å². The van der Waals surface area contributed by atoms with Crippen LogP contribution in [0.1, 0.15) is 51.5 Å². The topological polar surface area (TPSA) is 83.5 Å². The Morgan fingerprint density at radius 1 is 0.757 bits per heavy atom. The Labute approximate surface area is 222 Å². The van der Waals surface area contributed by atoms with Gasteiger partial charge in [-0.25, -0.2) is 0 Å². The summed E-state index contributed by atoms with van der Waals surface area (Å²) >= 11 is 0. The van der Waals surface area contributed by atoms with E-state index in [-0.39, 0.29) is 17.6 Å². The Balaban J connectivity index is 1.32. The molecule has 1 aromatic carbocycles. The monoisotopic (exact) mass is 521 g/mol. The molecule has 1 fully saturated rings. The number of Topliss-reactive ketones (excluding diaryl/α,β-unsaturated/α-hetero) is 1. The summed E-state index contributed by atoms with van der Waals surface area (Å²) in [6.45, 7) is 12.4. The summed E-state index contributed by atoms with van der Waals surface area (Å²) < 4.78 is 27.3. The zero-order valence-corrected chi connectivity index (χ0v) is 23.0. The van der Waals surface area contributed by atoms with E-state index < -0.39 is 0 Å². The quantitative estimate of drug-likeness (QED) is 0.215. The number of carbonyl (C=O) groups is 2. The Hall–Kier alpha value is -1.84. The molecule has 0 bridgehead atoms. The normalized spacial score (nSPS) is 14.6. The second-order valence-corrected chi connectivity index (χ2v) is 9.67. The van der Waals surface area contributed by atoms with Gasteiger partial charge in [-0.05, 0) is 17.9 Å². The van der Waals surface area contributed by atoms with Crippen molar-refractivity contribution in [3.05, 3.63) is 35.9 Å². The van der Waals surface area contributed by atoms with Crippen molar-refractivity contribution in [2.75, 3.05) is 79.2 Å². The summed E-state index contributed by atoms with van der Waals surface area (Å²) in [6, 6.07) is 10.6. The first-order valence-corrected chi connectivity index (χ1v) is 13.8. The maximum atomic E-state index is 12.4. The number of hydrogen-bond donors (Lipinski definition) is 0. The average molecular weight is 522 g/mol. The Kier molecular flexibility index (Phi) is 16.3. The molecule has 1 aliphatic rings. The Bertz CT molecular complexity index is 737. The molecule has 8 heteroatoms. The molecule has 2 rings (SSSR count). The lowest BCUT2D eigenvalue weighted by Crippen LogP contribution is -2.52. The van der Waals surface area contributed by atoms with Crippen molar-refractivity contribution in [2.45, 2.75) is 46.0 Å². The largest absolute Gasteiger partial charge is 0.379 e. The van der Waals surface area contributed by atoms with Crippen LogP contribution in [0.2, 0.25) is 0 Å². The van der Waals surface area contributed by atoms with E-state index in [1.807, 2.05) is 24.8 Å². The fraction of sp³-hybridized carbons (Fsp3) is 0.724. The smallest absolute Gasteiger partial charge is 0.224 e. The standard InChI is InChI=1S/C29H47NO7/c1-4-27(25-8-6-5-7-9-25)26-22-30(23-26)29(32)11-13-34-15-17-36-19-21-37-20-18-35-16-14-33-12-10-28(31)24(2)3/h5-9,24,26-27H,4,10-23H2,1-3H3. The van der Waals surface area contributed by atoms with Gasteiger partial charge in [-0.15, -0.1) is 0 Å². The highest BCUT2D eigenvalue weighted by molar-refractivity contribution is 5.80. The summed E-state index contributed by atoms with van der Waals surface area (Å²) in [6.07, 6.45) is 1.97. The number of ether oxygens (including phenoxy) is 5. The van der Waals surface area contributed by atoms with Gasteiger partial charge in [0.05, 0.1) is 72.5 Å². The molecule has 1 unspecified atom stereocenters. The molecule has 0 saturated carbocycles. The third kappa shape index (κ3) is 13.0. The molecule has 1 saturated heterocycles. The van der Waals surface area contributed by atoms with E-state index in [9.17, 15) is 9.59 Å². The molecule has 1 aromatic rings. The molecule has 0 aliphatic carbocycles. The van der Waals surface area contributed by atoms with Crippen LogP contribution in [0.5, 0.6) is 0 Å². The number of rotatable bonds is 22. The van der Waals surface area contributed by atoms with Gasteiger partial charge in [0, 0.05) is 31.3 Å². The van der Waals surface area contributed by atoms with E-state index in [0.717, 1.165) is 19.5 Å². The van der Waals surface area contributed by atoms with E-state index in [0.29, 0.717) is 90.7 Å². The van der Waals surface area contributed by atoms with E-state index >= 15 is 0 Å². The van der Waals surface area contributed by atoms with Crippen LogP contribution in [0.15, 0.2) is 30.3 Å². The van der Waals surface area contributed by atoms with Crippen LogP contribution in [0.25, 0.3) is 0 Å². The molecule has 0 spiro atoms. The minimum Gasteiger partial charge on any atom is -0.379 e. The molecule has 0 aromatic heterocycles. The number of carbonyl (C=O) groups excluding carboxylic acids is 2. The van der Waals surface area contributed by atoms with E-state index in [1.165, 1.54) is 5.56 Å². The molecule has 210 valence electrons. The van der Waals surface area contributed by atoms with Gasteiger partial charge in [0.15, 0.2) is 0 Å². The molecular weight excluding hydrogens is 474 g/mol. The van der Waals surface area contributed by atoms with Crippen LogP contribution in [-0.4, -0.2) is 95.7 Å². The van der Waals surface area contributed by atoms with Gasteiger partial charge in [0.25, 0.3) is 0 Å². The first kappa shape index (κ1) is 31.4. The molecule has 0 radical (unpaired) electrons. The predicted octanol–water partition coefficient (Wildman–Crippen LogP) is 3.73. The van der Waals surface area contributed by atoms with Gasteiger partial charge in [-0.3, -0.25) is 9.59 Å². The highest BCUT2D eigenvalue weighted by Gasteiger charge is 2.35. The molecule has 1 atom stereocenters. The summed E-state index contributed by atoms with van der Waals surface area (Å²) in [5.74, 6) is 1.52. The third-order valence-electron chi connectivity index (χ3n) is 6.58. The predicted molar refractivity (Wildman–Crippen MR) is 143 cm³/mol. The maximum absolute atomic E-state index is 12.4. The maximum Gasteiger partial charge on any atom is 0.224 e. The van der Waals surface area contributed by atoms with Crippen molar-refractivity contribution in [3.63, 3.8) is 0 Å². The Morgan fingerprint density at radius 3 is 1.68 bits per heavy atom. The molecule has 1 heterocycles. The zero-order valence-electron chi connectivity index (χ0n) is 23.0. The van der Waals surface area contributed by atoms with Crippen LogP contribution in [0.4, 0.5) is 0 Å². The van der Waals surface area contributed by atoms with E-state index in [1.54, 1.807) is 0 Å². The zero-order chi connectivity index (χ0) is 26.7. The second-order valence-electron chi connectivity index (χ2n) is 9.67. The molecular formula is C29H47NO7. The van der Waals surface area contributed by atoms with Crippen molar-refractivity contribution in [2.24, 2.45) is 11.8 Å². The summed E-state index contributed by atoms with van der Waals surface area (Å²) in [5, 5.41) is 0. The highest BCUT2D eigenvalue weighted by Crippen LogP contribution is 2.34. The van der Waals surface area contributed by atoms with E-state index in [2.05, 4.69) is 31.2 Å². The van der Waals surface area contributed by atoms with Crippen molar-refractivity contribution in [3.8, 4) is 0 Å². The van der Waals surface area contributed by atoms with Crippen molar-refractivity contribution in [1.29, 1.82) is 0 Å². The number of hydrogen-bond acceptors (Lipinski definition) is 7. The van der Waals surface area contributed by atoms with Gasteiger partial charge in [-0.1, -0.05) is 51.1 Å². The number of likely N-dealkylation sites (tertiary alicyclic amines) is 1. The van der Waals surface area contributed by atoms with Gasteiger partial charge >= 0.3 is 0 Å². The summed E-state index contributed by atoms with van der Waals surface area (Å²) in [7, 11) is 0. The molecule has 1 amide bonds. The van der Waals surface area contributed by atoms with Gasteiger partial charge < -0.3 is 28.6 Å². The lowest BCUT2D eigenvalue weighted by atomic mass is 9.79. The van der Waals surface area contributed by atoms with Crippen LogP contribution in [0.3, 0.4) is 0 Å². The molecule has 37 heavy (non-hydrogen) atoms.